The number of carbonyl (C=O) groups excluding carboxylic acids is 1. The minimum absolute atomic E-state index is 0.134. The van der Waals surface area contributed by atoms with Crippen LogP contribution in [-0.2, 0) is 0 Å². The number of nitrogens with two attached hydrogens (primary N) is 1. The van der Waals surface area contributed by atoms with Crippen LogP contribution < -0.4 is 5.73 Å². The van der Waals surface area contributed by atoms with Gasteiger partial charge in [0.25, 0.3) is 0 Å². The van der Waals surface area contributed by atoms with Gasteiger partial charge in [-0.1, -0.05) is 11.8 Å². The number of anilines is 1. The number of carbonyl (C=O) groups is 1. The average molecular weight is 183 g/mol. The molecule has 2 N–H and O–H groups in total. The molecule has 0 atom stereocenters. The topological polar surface area (TPSA) is 68.9 Å². The quantitative estimate of drug-likeness (QED) is 0.420. The molecule has 0 saturated heterocycles. The number of thioether (sulfide) groups is 1. The van der Waals surface area contributed by atoms with Crippen molar-refractivity contribution in [1.29, 1.82) is 0 Å². The van der Waals surface area contributed by atoms with Crippen LogP contribution in [-0.4, -0.2) is 22.0 Å². The van der Waals surface area contributed by atoms with E-state index in [2.05, 4.69) is 9.97 Å². The lowest BCUT2D eigenvalue weighted by atomic mass is 10.3. The van der Waals surface area contributed by atoms with Crippen molar-refractivity contribution in [2.45, 2.75) is 12.1 Å². The van der Waals surface area contributed by atoms with Crippen molar-refractivity contribution in [3.8, 4) is 0 Å². The van der Waals surface area contributed by atoms with Gasteiger partial charge in [-0.2, -0.15) is 0 Å². The van der Waals surface area contributed by atoms with Gasteiger partial charge in [0.05, 0.1) is 11.9 Å². The van der Waals surface area contributed by atoms with E-state index in [1.165, 1.54) is 24.9 Å². The second-order valence-electron chi connectivity index (χ2n) is 2.22. The maximum atomic E-state index is 11.0. The van der Waals surface area contributed by atoms with Crippen LogP contribution in [0.1, 0.15) is 17.4 Å². The highest BCUT2D eigenvalue weighted by atomic mass is 32.2. The summed E-state index contributed by atoms with van der Waals surface area (Å²) in [6, 6.07) is 0. The van der Waals surface area contributed by atoms with E-state index < -0.39 is 0 Å². The Hall–Kier alpha value is -1.10. The Balaban J connectivity index is 3.17. The molecular formula is C7H9N3OS. The zero-order valence-electron chi connectivity index (χ0n) is 6.87. The number of hydrogen-bond acceptors (Lipinski definition) is 5. The fourth-order valence-corrected chi connectivity index (χ4v) is 1.10. The fraction of sp³-hybridized carbons (Fsp3) is 0.286. The molecule has 0 unspecified atom stereocenters. The van der Waals surface area contributed by atoms with E-state index in [-0.39, 0.29) is 5.78 Å². The highest BCUT2D eigenvalue weighted by Gasteiger charge is 2.07. The van der Waals surface area contributed by atoms with E-state index in [0.29, 0.717) is 16.5 Å². The molecule has 0 aliphatic carbocycles. The van der Waals surface area contributed by atoms with E-state index in [4.69, 9.17) is 5.73 Å². The minimum atomic E-state index is -0.134. The first-order valence-electron chi connectivity index (χ1n) is 3.32. The molecule has 0 aliphatic heterocycles. The van der Waals surface area contributed by atoms with E-state index in [9.17, 15) is 4.79 Å². The molecule has 0 aromatic carbocycles. The first kappa shape index (κ1) is 8.99. The molecule has 1 aromatic heterocycles. The SMILES string of the molecule is CSc1ncc(N)c(C(C)=O)n1. The minimum Gasteiger partial charge on any atom is -0.396 e. The lowest BCUT2D eigenvalue weighted by Crippen LogP contribution is -2.04. The van der Waals surface area contributed by atoms with E-state index >= 15 is 0 Å². The maximum absolute atomic E-state index is 11.0. The number of rotatable bonds is 2. The molecule has 0 amide bonds. The van der Waals surface area contributed by atoms with Gasteiger partial charge in [0.2, 0.25) is 0 Å². The second kappa shape index (κ2) is 3.53. The highest BCUT2D eigenvalue weighted by molar-refractivity contribution is 7.98. The summed E-state index contributed by atoms with van der Waals surface area (Å²) in [5.41, 5.74) is 6.12. The Morgan fingerprint density at radius 1 is 1.67 bits per heavy atom. The van der Waals surface area contributed by atoms with Crippen LogP contribution in [0.3, 0.4) is 0 Å². The molecular weight excluding hydrogens is 174 g/mol. The molecule has 12 heavy (non-hydrogen) atoms. The lowest BCUT2D eigenvalue weighted by molar-refractivity contribution is 0.101. The van der Waals surface area contributed by atoms with Gasteiger partial charge in [-0.25, -0.2) is 9.97 Å². The molecule has 0 saturated carbocycles. The summed E-state index contributed by atoms with van der Waals surface area (Å²) in [5, 5.41) is 0.564. The van der Waals surface area contributed by atoms with Crippen molar-refractivity contribution >= 4 is 23.2 Å². The number of hydrogen-bond donors (Lipinski definition) is 1. The zero-order valence-corrected chi connectivity index (χ0v) is 7.68. The highest BCUT2D eigenvalue weighted by Crippen LogP contribution is 2.13. The predicted molar refractivity (Wildman–Crippen MR) is 48.2 cm³/mol. The normalized spacial score (nSPS) is 9.83. The zero-order chi connectivity index (χ0) is 9.14. The van der Waals surface area contributed by atoms with Crippen LogP contribution in [0.4, 0.5) is 5.69 Å². The van der Waals surface area contributed by atoms with Crippen LogP contribution >= 0.6 is 11.8 Å². The fourth-order valence-electron chi connectivity index (χ4n) is 0.755. The summed E-state index contributed by atoms with van der Waals surface area (Å²) in [6.45, 7) is 1.43. The van der Waals surface area contributed by atoms with Gasteiger partial charge in [0, 0.05) is 6.92 Å². The molecule has 0 radical (unpaired) electrons. The van der Waals surface area contributed by atoms with Crippen molar-refractivity contribution in [3.05, 3.63) is 11.9 Å². The van der Waals surface area contributed by atoms with Crippen LogP contribution in [0.2, 0.25) is 0 Å². The number of aromatic nitrogens is 2. The summed E-state index contributed by atoms with van der Waals surface area (Å²) in [6.07, 6.45) is 3.30. The Morgan fingerprint density at radius 3 is 2.83 bits per heavy atom. The van der Waals surface area contributed by atoms with Gasteiger partial charge >= 0.3 is 0 Å². The molecule has 0 fully saturated rings. The largest absolute Gasteiger partial charge is 0.396 e. The molecule has 0 bridgehead atoms. The van der Waals surface area contributed by atoms with Gasteiger partial charge in [0.15, 0.2) is 10.9 Å². The third-order valence-corrected chi connectivity index (χ3v) is 1.87. The van der Waals surface area contributed by atoms with Crippen molar-refractivity contribution in [2.24, 2.45) is 0 Å². The Morgan fingerprint density at radius 2 is 2.33 bits per heavy atom. The van der Waals surface area contributed by atoms with Gasteiger partial charge in [-0.05, 0) is 6.26 Å². The summed E-state index contributed by atoms with van der Waals surface area (Å²) in [5.74, 6) is -0.134. The maximum Gasteiger partial charge on any atom is 0.188 e. The summed E-state index contributed by atoms with van der Waals surface area (Å²) in [4.78, 5) is 18.8. The molecule has 0 aliphatic rings. The number of Topliss-reactive ketones (excluding diaryl/α,β-unsaturated/α-hetero) is 1. The number of ketones is 1. The van der Waals surface area contributed by atoms with E-state index in [1.807, 2.05) is 6.26 Å². The summed E-state index contributed by atoms with van der Waals surface area (Å²) >= 11 is 1.38. The number of nitrogen functional groups attached to an aromatic ring is 1. The van der Waals surface area contributed by atoms with Gasteiger partial charge in [0.1, 0.15) is 5.69 Å². The van der Waals surface area contributed by atoms with Crippen LogP contribution in [0.25, 0.3) is 0 Å². The molecule has 5 heteroatoms. The monoisotopic (exact) mass is 183 g/mol. The molecule has 1 aromatic rings. The molecule has 1 rings (SSSR count). The molecule has 64 valence electrons. The standard InChI is InChI=1S/C7H9N3OS/c1-4(11)6-5(8)3-9-7(10-6)12-2/h3H,8H2,1-2H3. The third-order valence-electron chi connectivity index (χ3n) is 1.31. The first-order chi connectivity index (χ1) is 5.65. The van der Waals surface area contributed by atoms with Gasteiger partial charge < -0.3 is 5.73 Å². The summed E-state index contributed by atoms with van der Waals surface area (Å²) in [7, 11) is 0. The van der Waals surface area contributed by atoms with Crippen LogP contribution in [0, 0.1) is 0 Å². The Bertz CT molecular complexity index is 314. The van der Waals surface area contributed by atoms with Crippen LogP contribution in [0.5, 0.6) is 0 Å². The lowest BCUT2D eigenvalue weighted by Gasteiger charge is -2.00. The number of nitrogens with zero attached hydrogens (tertiary/aromatic N) is 2. The van der Waals surface area contributed by atoms with Crippen molar-refractivity contribution < 1.29 is 4.79 Å². The van der Waals surface area contributed by atoms with E-state index in [0.717, 1.165) is 0 Å². The first-order valence-corrected chi connectivity index (χ1v) is 4.55. The summed E-state index contributed by atoms with van der Waals surface area (Å²) < 4.78 is 0. The van der Waals surface area contributed by atoms with Gasteiger partial charge in [-0.15, -0.1) is 0 Å². The van der Waals surface area contributed by atoms with Crippen molar-refractivity contribution in [1.82, 2.24) is 9.97 Å². The molecule has 1 heterocycles. The van der Waals surface area contributed by atoms with Crippen LogP contribution in [0.15, 0.2) is 11.4 Å². The molecule has 4 nitrogen and oxygen atoms in total. The van der Waals surface area contributed by atoms with Crippen molar-refractivity contribution in [3.63, 3.8) is 0 Å². The Labute approximate surface area is 74.6 Å². The van der Waals surface area contributed by atoms with Gasteiger partial charge in [-0.3, -0.25) is 4.79 Å². The molecule has 0 spiro atoms. The van der Waals surface area contributed by atoms with Crippen molar-refractivity contribution in [2.75, 3.05) is 12.0 Å². The average Bonchev–Trinajstić information content (AvgIpc) is 2.05. The predicted octanol–water partition coefficient (Wildman–Crippen LogP) is 0.983. The second-order valence-corrected chi connectivity index (χ2v) is 2.99. The third kappa shape index (κ3) is 1.73. The Kier molecular flexibility index (Phi) is 2.65. The van der Waals surface area contributed by atoms with E-state index in [1.54, 1.807) is 0 Å². The smallest absolute Gasteiger partial charge is 0.188 e.